The molecule has 166 valence electrons. The van der Waals surface area contributed by atoms with E-state index in [1.54, 1.807) is 18.3 Å². The highest BCUT2D eigenvalue weighted by molar-refractivity contribution is 7.80. The van der Waals surface area contributed by atoms with Gasteiger partial charge in [0, 0.05) is 29.5 Å². The van der Waals surface area contributed by atoms with Gasteiger partial charge < -0.3 is 14.8 Å². The molecule has 1 saturated heterocycles. The molecule has 0 amide bonds. The summed E-state index contributed by atoms with van der Waals surface area (Å²) in [6.07, 6.45) is 3.74. The van der Waals surface area contributed by atoms with Crippen LogP contribution in [0, 0.1) is 19.7 Å². The molecule has 0 aliphatic carbocycles. The van der Waals surface area contributed by atoms with Gasteiger partial charge in [-0.05, 0) is 91.8 Å². The number of anilines is 1. The normalized spacial score (nSPS) is 17.9. The number of pyridine rings is 1. The van der Waals surface area contributed by atoms with Crippen LogP contribution in [0.3, 0.4) is 0 Å². The molecule has 3 heterocycles. The van der Waals surface area contributed by atoms with Crippen molar-refractivity contribution in [2.75, 3.05) is 4.90 Å². The minimum Gasteiger partial charge on any atom is -0.351 e. The summed E-state index contributed by atoms with van der Waals surface area (Å²) in [5.41, 5.74) is 5.99. The quantitative estimate of drug-likeness (QED) is 0.343. The van der Waals surface area contributed by atoms with Crippen molar-refractivity contribution in [3.8, 4) is 5.69 Å². The summed E-state index contributed by atoms with van der Waals surface area (Å²) in [6, 6.07) is 20.7. The first-order valence-electron chi connectivity index (χ1n) is 10.6. The molecular weight excluding hydrogens is 455 g/mol. The molecule has 4 aromatic rings. The van der Waals surface area contributed by atoms with Crippen molar-refractivity contribution in [3.63, 3.8) is 0 Å². The monoisotopic (exact) mass is 476 g/mol. The molecule has 1 N–H and O–H groups in total. The van der Waals surface area contributed by atoms with Crippen molar-refractivity contribution in [1.29, 1.82) is 0 Å². The molecule has 2 aromatic carbocycles. The van der Waals surface area contributed by atoms with Gasteiger partial charge in [0.1, 0.15) is 11.9 Å². The van der Waals surface area contributed by atoms with E-state index in [1.807, 2.05) is 35.0 Å². The molecule has 4 nitrogen and oxygen atoms in total. The molecule has 2 atom stereocenters. The minimum absolute atomic E-state index is 0.0830. The van der Waals surface area contributed by atoms with Gasteiger partial charge in [0.2, 0.25) is 0 Å². The highest BCUT2D eigenvalue weighted by Gasteiger charge is 2.42. The molecule has 2 unspecified atom stereocenters. The first-order chi connectivity index (χ1) is 15.9. The van der Waals surface area contributed by atoms with Crippen LogP contribution < -0.4 is 10.2 Å². The van der Waals surface area contributed by atoms with E-state index in [1.165, 1.54) is 6.07 Å². The van der Waals surface area contributed by atoms with Crippen LogP contribution in [0.1, 0.15) is 34.6 Å². The Kier molecular flexibility index (Phi) is 5.64. The SMILES string of the molecule is Cc1cc(C)cc(N2C(=S)NC(c3ccccn3)C2c2cccn2-c2ccc(F)c(Cl)c2)c1. The van der Waals surface area contributed by atoms with E-state index >= 15 is 0 Å². The summed E-state index contributed by atoms with van der Waals surface area (Å²) in [4.78, 5) is 6.76. The first kappa shape index (κ1) is 21.6. The zero-order chi connectivity index (χ0) is 23.1. The van der Waals surface area contributed by atoms with E-state index in [0.717, 1.165) is 33.9 Å². The molecule has 1 aliphatic heterocycles. The average Bonchev–Trinajstić information content (AvgIpc) is 3.40. The summed E-state index contributed by atoms with van der Waals surface area (Å²) in [5.74, 6) is -0.443. The lowest BCUT2D eigenvalue weighted by Gasteiger charge is -2.29. The van der Waals surface area contributed by atoms with E-state index in [2.05, 4.69) is 53.3 Å². The number of hydrogen-bond acceptors (Lipinski definition) is 2. The Bertz CT molecular complexity index is 1320. The van der Waals surface area contributed by atoms with Crippen molar-refractivity contribution in [2.24, 2.45) is 0 Å². The third kappa shape index (κ3) is 4.01. The van der Waals surface area contributed by atoms with E-state index in [-0.39, 0.29) is 17.1 Å². The lowest BCUT2D eigenvalue weighted by molar-refractivity contribution is 0.549. The number of benzene rings is 2. The number of nitrogens with one attached hydrogen (secondary N) is 1. The Morgan fingerprint density at radius 2 is 1.76 bits per heavy atom. The van der Waals surface area contributed by atoms with Gasteiger partial charge >= 0.3 is 0 Å². The molecule has 1 fully saturated rings. The van der Waals surface area contributed by atoms with Crippen LogP contribution in [0.4, 0.5) is 10.1 Å². The fourth-order valence-corrected chi connectivity index (χ4v) is 5.05. The summed E-state index contributed by atoms with van der Waals surface area (Å²) < 4.78 is 15.9. The number of hydrogen-bond donors (Lipinski definition) is 1. The number of aromatic nitrogens is 2. The second-order valence-electron chi connectivity index (χ2n) is 8.24. The summed E-state index contributed by atoms with van der Waals surface area (Å²) in [6.45, 7) is 4.16. The number of aryl methyl sites for hydroxylation is 2. The van der Waals surface area contributed by atoms with Gasteiger partial charge in [-0.2, -0.15) is 0 Å². The van der Waals surface area contributed by atoms with Crippen LogP contribution in [0.5, 0.6) is 0 Å². The zero-order valence-corrected chi connectivity index (χ0v) is 19.7. The summed E-state index contributed by atoms with van der Waals surface area (Å²) in [7, 11) is 0. The lowest BCUT2D eigenvalue weighted by atomic mass is 10.00. The summed E-state index contributed by atoms with van der Waals surface area (Å²) >= 11 is 12.0. The lowest BCUT2D eigenvalue weighted by Crippen LogP contribution is -2.30. The maximum atomic E-state index is 13.9. The molecule has 0 radical (unpaired) electrons. The standard InChI is InChI=1S/C26H22ClFN4S/c1-16-12-17(2)14-19(13-16)32-25(24(30-26(32)33)22-6-3-4-10-29-22)23-7-5-11-31(23)18-8-9-21(28)20(27)15-18/h3-15,24-25H,1-2H3,(H,30,33). The van der Waals surface area contributed by atoms with Gasteiger partial charge in [-0.25, -0.2) is 4.39 Å². The van der Waals surface area contributed by atoms with Crippen LogP contribution in [0.15, 0.2) is 79.1 Å². The first-order valence-corrected chi connectivity index (χ1v) is 11.4. The Morgan fingerprint density at radius 1 is 0.970 bits per heavy atom. The maximum absolute atomic E-state index is 13.9. The van der Waals surface area contributed by atoms with Crippen molar-refractivity contribution < 1.29 is 4.39 Å². The van der Waals surface area contributed by atoms with Crippen molar-refractivity contribution in [2.45, 2.75) is 25.9 Å². The van der Waals surface area contributed by atoms with Gasteiger partial charge in [0.15, 0.2) is 5.11 Å². The van der Waals surface area contributed by atoms with Crippen LogP contribution in [0.25, 0.3) is 5.69 Å². The zero-order valence-electron chi connectivity index (χ0n) is 18.2. The maximum Gasteiger partial charge on any atom is 0.174 e. The molecule has 0 spiro atoms. The molecule has 0 saturated carbocycles. The van der Waals surface area contributed by atoms with Crippen molar-refractivity contribution in [1.82, 2.24) is 14.9 Å². The smallest absolute Gasteiger partial charge is 0.174 e. The van der Waals surface area contributed by atoms with Gasteiger partial charge in [0.25, 0.3) is 0 Å². The molecule has 5 rings (SSSR count). The van der Waals surface area contributed by atoms with Gasteiger partial charge in [-0.3, -0.25) is 4.98 Å². The Morgan fingerprint density at radius 3 is 2.45 bits per heavy atom. The van der Waals surface area contributed by atoms with E-state index in [9.17, 15) is 4.39 Å². The topological polar surface area (TPSA) is 33.1 Å². The van der Waals surface area contributed by atoms with Gasteiger partial charge in [-0.1, -0.05) is 23.7 Å². The van der Waals surface area contributed by atoms with Gasteiger partial charge in [0.05, 0.1) is 16.8 Å². The Hall–Kier alpha value is -3.22. The molecule has 7 heteroatoms. The predicted octanol–water partition coefficient (Wildman–Crippen LogP) is 6.46. The fourth-order valence-electron chi connectivity index (χ4n) is 4.53. The van der Waals surface area contributed by atoms with Crippen molar-refractivity contribution >= 4 is 34.6 Å². The number of thiocarbonyl (C=S) groups is 1. The summed E-state index contributed by atoms with van der Waals surface area (Å²) in [5, 5.41) is 4.20. The Labute approximate surface area is 202 Å². The predicted molar refractivity (Wildman–Crippen MR) is 135 cm³/mol. The highest BCUT2D eigenvalue weighted by atomic mass is 35.5. The number of halogens is 2. The second kappa shape index (κ2) is 8.61. The number of nitrogens with zero attached hydrogens (tertiary/aromatic N) is 3. The van der Waals surface area contributed by atoms with E-state index in [4.69, 9.17) is 23.8 Å². The molecular formula is C26H22ClFN4S. The van der Waals surface area contributed by atoms with Crippen LogP contribution >= 0.6 is 23.8 Å². The largest absolute Gasteiger partial charge is 0.351 e. The van der Waals surface area contributed by atoms with Crippen LogP contribution in [0.2, 0.25) is 5.02 Å². The molecule has 2 aromatic heterocycles. The van der Waals surface area contributed by atoms with E-state index < -0.39 is 5.82 Å². The highest BCUT2D eigenvalue weighted by Crippen LogP contribution is 2.42. The van der Waals surface area contributed by atoms with Crippen LogP contribution in [-0.2, 0) is 0 Å². The van der Waals surface area contributed by atoms with Crippen LogP contribution in [-0.4, -0.2) is 14.7 Å². The third-order valence-electron chi connectivity index (χ3n) is 5.85. The minimum atomic E-state index is -0.443. The third-order valence-corrected chi connectivity index (χ3v) is 6.45. The Balaban J connectivity index is 1.69. The second-order valence-corrected chi connectivity index (χ2v) is 9.04. The molecule has 1 aliphatic rings. The molecule has 33 heavy (non-hydrogen) atoms. The average molecular weight is 477 g/mol. The van der Waals surface area contributed by atoms with Gasteiger partial charge in [-0.15, -0.1) is 0 Å². The van der Waals surface area contributed by atoms with Crippen molar-refractivity contribution in [3.05, 3.63) is 112 Å². The fraction of sp³-hybridized carbons (Fsp3) is 0.154. The van der Waals surface area contributed by atoms with E-state index in [0.29, 0.717) is 5.11 Å². The number of rotatable bonds is 4. The molecule has 0 bridgehead atoms.